The maximum absolute atomic E-state index is 13.6. The van der Waals surface area contributed by atoms with Gasteiger partial charge in [-0.25, -0.2) is 13.6 Å². The van der Waals surface area contributed by atoms with Crippen molar-refractivity contribution in [1.29, 1.82) is 0 Å². The fourth-order valence-electron chi connectivity index (χ4n) is 2.04. The predicted molar refractivity (Wildman–Crippen MR) is 94.6 cm³/mol. The van der Waals surface area contributed by atoms with Gasteiger partial charge in [-0.05, 0) is 29.8 Å². The molecule has 0 aromatic heterocycles. The lowest BCUT2D eigenvalue weighted by molar-refractivity contribution is -0.384. The lowest BCUT2D eigenvalue weighted by Gasteiger charge is -2.06. The van der Waals surface area contributed by atoms with Gasteiger partial charge < -0.3 is 14.8 Å². The zero-order chi connectivity index (χ0) is 20.7. The summed E-state index contributed by atoms with van der Waals surface area (Å²) in [6, 6.07) is 6.63. The fourth-order valence-corrected chi connectivity index (χ4v) is 2.04. The summed E-state index contributed by atoms with van der Waals surface area (Å²) in [6.45, 7) is -0.748. The first-order chi connectivity index (χ1) is 13.3. The van der Waals surface area contributed by atoms with Gasteiger partial charge in [0, 0.05) is 18.2 Å². The molecule has 0 atom stereocenters. The monoisotopic (exact) mass is 392 g/mol. The summed E-state index contributed by atoms with van der Waals surface area (Å²) in [7, 11) is 1.32. The molecule has 8 nitrogen and oxygen atoms in total. The van der Waals surface area contributed by atoms with Gasteiger partial charge in [-0.3, -0.25) is 14.9 Å². The smallest absolute Gasteiger partial charge is 0.331 e. The van der Waals surface area contributed by atoms with Crippen LogP contribution in [0.1, 0.15) is 5.56 Å². The second-order valence-corrected chi connectivity index (χ2v) is 5.30. The minimum atomic E-state index is -0.897. The van der Waals surface area contributed by atoms with Crippen molar-refractivity contribution >= 4 is 29.3 Å². The van der Waals surface area contributed by atoms with Gasteiger partial charge in [0.25, 0.3) is 11.6 Å². The fraction of sp³-hybridized carbons (Fsp3) is 0.111. The number of carbonyl (C=O) groups excluding carboxylic acids is 2. The van der Waals surface area contributed by atoms with E-state index in [4.69, 9.17) is 4.74 Å². The number of hydrogen-bond donors (Lipinski definition) is 1. The Bertz CT molecular complexity index is 946. The number of nitrogens with zero attached hydrogens (tertiary/aromatic N) is 1. The second-order valence-electron chi connectivity index (χ2n) is 5.30. The van der Waals surface area contributed by atoms with Crippen molar-refractivity contribution in [3.05, 3.63) is 69.8 Å². The number of carbonyl (C=O) groups is 2. The van der Waals surface area contributed by atoms with E-state index in [0.29, 0.717) is 5.56 Å². The average Bonchev–Trinajstić information content (AvgIpc) is 2.66. The maximum Gasteiger partial charge on any atom is 0.331 e. The van der Waals surface area contributed by atoms with Crippen molar-refractivity contribution in [3.8, 4) is 5.75 Å². The quantitative estimate of drug-likeness (QED) is 0.336. The molecule has 28 heavy (non-hydrogen) atoms. The van der Waals surface area contributed by atoms with Gasteiger partial charge in [-0.15, -0.1) is 0 Å². The molecule has 0 heterocycles. The molecule has 2 rings (SSSR count). The molecule has 10 heteroatoms. The number of nitrogens with one attached hydrogen (secondary N) is 1. The summed E-state index contributed by atoms with van der Waals surface area (Å²) < 4.78 is 36.6. The summed E-state index contributed by atoms with van der Waals surface area (Å²) in [6.07, 6.45) is 2.24. The molecule has 146 valence electrons. The van der Waals surface area contributed by atoms with Gasteiger partial charge in [-0.2, -0.15) is 0 Å². The summed E-state index contributed by atoms with van der Waals surface area (Å²) in [5.74, 6) is -3.24. The Kier molecular flexibility index (Phi) is 6.74. The molecule has 0 aliphatic rings. The zero-order valence-electron chi connectivity index (χ0n) is 14.5. The third-order valence-corrected chi connectivity index (χ3v) is 3.37. The highest BCUT2D eigenvalue weighted by Crippen LogP contribution is 2.21. The number of nitro groups is 1. The lowest BCUT2D eigenvalue weighted by Crippen LogP contribution is -2.20. The van der Waals surface area contributed by atoms with Crippen LogP contribution in [0.25, 0.3) is 6.08 Å². The number of non-ortho nitro benzene ring substituents is 1. The predicted octanol–water partition coefficient (Wildman–Crippen LogP) is 3.08. The Labute approximate surface area is 157 Å². The number of anilines is 1. The first-order valence-corrected chi connectivity index (χ1v) is 7.72. The van der Waals surface area contributed by atoms with E-state index in [1.807, 2.05) is 0 Å². The lowest BCUT2D eigenvalue weighted by atomic mass is 10.2. The minimum Gasteiger partial charge on any atom is -0.494 e. The minimum absolute atomic E-state index is 0.0461. The van der Waals surface area contributed by atoms with Gasteiger partial charge in [0.15, 0.2) is 18.2 Å². The molecule has 0 radical (unpaired) electrons. The van der Waals surface area contributed by atoms with Crippen LogP contribution < -0.4 is 10.1 Å². The Balaban J connectivity index is 1.90. The molecule has 2 aromatic carbocycles. The highest BCUT2D eigenvalue weighted by Gasteiger charge is 2.14. The molecular weight excluding hydrogens is 378 g/mol. The largest absolute Gasteiger partial charge is 0.494 e. The van der Waals surface area contributed by atoms with Crippen LogP contribution in [0.2, 0.25) is 0 Å². The number of nitro benzene ring substituents is 1. The van der Waals surface area contributed by atoms with Gasteiger partial charge in [0.2, 0.25) is 0 Å². The Hall–Kier alpha value is -3.82. The molecule has 0 saturated heterocycles. The SMILES string of the molecule is COc1ccc(/C=C/C(=O)OCC(=O)Nc2cc([N+](=O)[O-])ccc2F)cc1F. The van der Waals surface area contributed by atoms with E-state index in [2.05, 4.69) is 10.1 Å². The highest BCUT2D eigenvalue weighted by molar-refractivity contribution is 5.95. The summed E-state index contributed by atoms with van der Waals surface area (Å²) in [5.41, 5.74) is -0.471. The van der Waals surface area contributed by atoms with Crippen molar-refractivity contribution < 1.29 is 32.8 Å². The number of amides is 1. The van der Waals surface area contributed by atoms with E-state index >= 15 is 0 Å². The van der Waals surface area contributed by atoms with Crippen LogP contribution in [0, 0.1) is 21.7 Å². The number of hydrogen-bond acceptors (Lipinski definition) is 6. The van der Waals surface area contributed by atoms with Crippen LogP contribution >= 0.6 is 0 Å². The maximum atomic E-state index is 13.6. The van der Waals surface area contributed by atoms with Crippen LogP contribution in [0.15, 0.2) is 42.5 Å². The van der Waals surface area contributed by atoms with Gasteiger partial charge >= 0.3 is 5.97 Å². The van der Waals surface area contributed by atoms with Crippen molar-refractivity contribution in [2.45, 2.75) is 0 Å². The Morgan fingerprint density at radius 1 is 1.18 bits per heavy atom. The number of rotatable bonds is 7. The molecule has 0 bridgehead atoms. The molecule has 2 aromatic rings. The van der Waals surface area contributed by atoms with E-state index in [-0.39, 0.29) is 5.75 Å². The topological polar surface area (TPSA) is 108 Å². The standard InChI is InChI=1S/C18H14F2N2O6/c1-27-16-6-2-11(8-14(16)20)3-7-18(24)28-10-17(23)21-15-9-12(22(25)26)4-5-13(15)19/h2-9H,10H2,1H3,(H,21,23)/b7-3+. The molecule has 0 fully saturated rings. The number of methoxy groups -OCH3 is 1. The summed E-state index contributed by atoms with van der Waals surface area (Å²) >= 11 is 0. The molecule has 0 aliphatic carbocycles. The van der Waals surface area contributed by atoms with E-state index < -0.39 is 46.4 Å². The van der Waals surface area contributed by atoms with Crippen molar-refractivity contribution in [2.75, 3.05) is 19.0 Å². The van der Waals surface area contributed by atoms with E-state index in [9.17, 15) is 28.5 Å². The molecule has 0 saturated carbocycles. The van der Waals surface area contributed by atoms with Crippen LogP contribution in [0.4, 0.5) is 20.2 Å². The van der Waals surface area contributed by atoms with Crippen molar-refractivity contribution in [3.63, 3.8) is 0 Å². The Morgan fingerprint density at radius 3 is 2.57 bits per heavy atom. The molecule has 1 amide bonds. The van der Waals surface area contributed by atoms with Crippen molar-refractivity contribution in [1.82, 2.24) is 0 Å². The first-order valence-electron chi connectivity index (χ1n) is 7.72. The molecule has 0 aliphatic heterocycles. The summed E-state index contributed by atoms with van der Waals surface area (Å²) in [4.78, 5) is 33.3. The normalized spacial score (nSPS) is 10.5. The van der Waals surface area contributed by atoms with Crippen LogP contribution in [-0.4, -0.2) is 30.5 Å². The summed E-state index contributed by atoms with van der Waals surface area (Å²) in [5, 5.41) is 12.7. The number of benzene rings is 2. The molecule has 0 spiro atoms. The van der Waals surface area contributed by atoms with Crippen LogP contribution in [-0.2, 0) is 14.3 Å². The number of halogens is 2. The van der Waals surface area contributed by atoms with Crippen LogP contribution in [0.3, 0.4) is 0 Å². The first kappa shape index (κ1) is 20.5. The van der Waals surface area contributed by atoms with Gasteiger partial charge in [-0.1, -0.05) is 6.07 Å². The van der Waals surface area contributed by atoms with E-state index in [0.717, 1.165) is 30.3 Å². The molecule has 1 N–H and O–H groups in total. The Morgan fingerprint density at radius 2 is 1.93 bits per heavy atom. The van der Waals surface area contributed by atoms with Gasteiger partial charge in [0.1, 0.15) is 5.82 Å². The molecular formula is C18H14F2N2O6. The third-order valence-electron chi connectivity index (χ3n) is 3.37. The second kappa shape index (κ2) is 9.21. The number of ether oxygens (including phenoxy) is 2. The van der Waals surface area contributed by atoms with E-state index in [1.165, 1.54) is 25.3 Å². The third kappa shape index (κ3) is 5.59. The highest BCUT2D eigenvalue weighted by atomic mass is 19.1. The van der Waals surface area contributed by atoms with Crippen molar-refractivity contribution in [2.24, 2.45) is 0 Å². The molecule has 0 unspecified atom stereocenters. The van der Waals surface area contributed by atoms with E-state index in [1.54, 1.807) is 0 Å². The zero-order valence-corrected chi connectivity index (χ0v) is 14.5. The average molecular weight is 392 g/mol. The van der Waals surface area contributed by atoms with Gasteiger partial charge in [0.05, 0.1) is 17.7 Å². The number of esters is 1. The van der Waals surface area contributed by atoms with Crippen LogP contribution in [0.5, 0.6) is 5.75 Å².